The summed E-state index contributed by atoms with van der Waals surface area (Å²) in [5.74, 6) is -0.644. The summed E-state index contributed by atoms with van der Waals surface area (Å²) >= 11 is 0. The monoisotopic (exact) mass is 203 g/mol. The molecule has 0 radical (unpaired) electrons. The highest BCUT2D eigenvalue weighted by molar-refractivity contribution is 6.21. The Morgan fingerprint density at radius 1 is 1.20 bits per heavy atom. The van der Waals surface area contributed by atoms with Crippen LogP contribution >= 0.6 is 0 Å². The second-order valence-electron chi connectivity index (χ2n) is 3.05. The fourth-order valence-corrected chi connectivity index (χ4v) is 1.48. The van der Waals surface area contributed by atoms with Crippen molar-refractivity contribution in [2.24, 2.45) is 0 Å². The molecule has 4 nitrogen and oxygen atoms in total. The van der Waals surface area contributed by atoms with E-state index in [1.807, 2.05) is 0 Å². The number of nitrogens with zero attached hydrogens (tertiary/aromatic N) is 1. The van der Waals surface area contributed by atoms with Gasteiger partial charge in [0, 0.05) is 0 Å². The summed E-state index contributed by atoms with van der Waals surface area (Å²) in [6, 6.07) is 6.71. The van der Waals surface area contributed by atoms with Gasteiger partial charge >= 0.3 is 0 Å². The quantitative estimate of drug-likeness (QED) is 0.551. The van der Waals surface area contributed by atoms with E-state index in [2.05, 4.69) is 6.58 Å². The topological polar surface area (TPSA) is 46.6 Å². The van der Waals surface area contributed by atoms with Gasteiger partial charge in [-0.15, -0.1) is 0 Å². The average Bonchev–Trinajstić information content (AvgIpc) is 2.51. The number of carbonyl (C=O) groups excluding carboxylic acids is 2. The number of amides is 2. The van der Waals surface area contributed by atoms with Crippen LogP contribution in [0.15, 0.2) is 37.1 Å². The van der Waals surface area contributed by atoms with Gasteiger partial charge in [0.15, 0.2) is 6.73 Å². The molecule has 1 heterocycles. The molecule has 1 aromatic rings. The summed E-state index contributed by atoms with van der Waals surface area (Å²) in [5.41, 5.74) is 0.852. The van der Waals surface area contributed by atoms with Crippen molar-refractivity contribution in [3.63, 3.8) is 0 Å². The van der Waals surface area contributed by atoms with Crippen LogP contribution in [0.5, 0.6) is 0 Å². The maximum atomic E-state index is 11.7. The highest BCUT2D eigenvalue weighted by Crippen LogP contribution is 2.21. The Kier molecular flexibility index (Phi) is 2.25. The zero-order chi connectivity index (χ0) is 10.8. The van der Waals surface area contributed by atoms with E-state index >= 15 is 0 Å². The van der Waals surface area contributed by atoms with Crippen molar-refractivity contribution in [2.45, 2.75) is 0 Å². The molecule has 0 N–H and O–H groups in total. The Hall–Kier alpha value is -2.10. The van der Waals surface area contributed by atoms with Crippen LogP contribution in [0.25, 0.3) is 0 Å². The average molecular weight is 203 g/mol. The molecule has 15 heavy (non-hydrogen) atoms. The molecule has 1 aliphatic rings. The lowest BCUT2D eigenvalue weighted by molar-refractivity contribution is 0.0460. The number of hydrogen-bond donors (Lipinski definition) is 0. The van der Waals surface area contributed by atoms with Gasteiger partial charge in [-0.1, -0.05) is 18.7 Å². The van der Waals surface area contributed by atoms with E-state index in [-0.39, 0.29) is 18.5 Å². The van der Waals surface area contributed by atoms with E-state index in [0.29, 0.717) is 11.1 Å². The normalized spacial score (nSPS) is 14.0. The first-order valence-corrected chi connectivity index (χ1v) is 4.43. The van der Waals surface area contributed by atoms with Crippen LogP contribution in [-0.4, -0.2) is 23.4 Å². The fourth-order valence-electron chi connectivity index (χ4n) is 1.48. The summed E-state index contributed by atoms with van der Waals surface area (Å²) in [7, 11) is 0. The van der Waals surface area contributed by atoms with Crippen molar-refractivity contribution < 1.29 is 14.3 Å². The second-order valence-corrected chi connectivity index (χ2v) is 3.05. The molecule has 0 saturated heterocycles. The summed E-state index contributed by atoms with van der Waals surface area (Å²) in [6.45, 7) is 3.26. The lowest BCUT2D eigenvalue weighted by Gasteiger charge is -2.11. The van der Waals surface area contributed by atoms with Gasteiger partial charge in [0.1, 0.15) is 0 Å². The first kappa shape index (κ1) is 9.45. The van der Waals surface area contributed by atoms with Crippen molar-refractivity contribution in [1.82, 2.24) is 4.90 Å². The van der Waals surface area contributed by atoms with Crippen LogP contribution in [-0.2, 0) is 4.74 Å². The second kappa shape index (κ2) is 3.57. The number of benzene rings is 1. The molecule has 4 heteroatoms. The third-order valence-electron chi connectivity index (χ3n) is 2.20. The number of hydrogen-bond acceptors (Lipinski definition) is 3. The van der Waals surface area contributed by atoms with Crippen molar-refractivity contribution in [3.8, 4) is 0 Å². The molecule has 0 fully saturated rings. The van der Waals surface area contributed by atoms with Gasteiger partial charge in [-0.3, -0.25) is 9.59 Å². The smallest absolute Gasteiger partial charge is 0.264 e. The standard InChI is InChI=1S/C11H9NO3/c1-2-15-7-12-10(13)8-5-3-4-6-9(8)11(12)14/h2-6H,1,7H2. The van der Waals surface area contributed by atoms with E-state index in [4.69, 9.17) is 4.74 Å². The number of imide groups is 1. The fraction of sp³-hybridized carbons (Fsp3) is 0.0909. The number of fused-ring (bicyclic) bond motifs is 1. The number of rotatable bonds is 3. The van der Waals surface area contributed by atoms with Crippen molar-refractivity contribution in [2.75, 3.05) is 6.73 Å². The Balaban J connectivity index is 2.32. The summed E-state index contributed by atoms with van der Waals surface area (Å²) in [5, 5.41) is 0. The van der Waals surface area contributed by atoms with Crippen LogP contribution in [0.3, 0.4) is 0 Å². The van der Waals surface area contributed by atoms with E-state index in [0.717, 1.165) is 4.90 Å². The molecule has 2 rings (SSSR count). The minimum atomic E-state index is -0.322. The van der Waals surface area contributed by atoms with Gasteiger partial charge < -0.3 is 4.74 Å². The SMILES string of the molecule is C=COCN1C(=O)c2ccccc2C1=O. The molecule has 2 amide bonds. The van der Waals surface area contributed by atoms with Gasteiger partial charge in [0.25, 0.3) is 11.8 Å². The lowest BCUT2D eigenvalue weighted by atomic mass is 10.1. The lowest BCUT2D eigenvalue weighted by Crippen LogP contribution is -2.31. The molecule has 0 aliphatic carbocycles. The maximum absolute atomic E-state index is 11.7. The third-order valence-corrected chi connectivity index (χ3v) is 2.20. The zero-order valence-electron chi connectivity index (χ0n) is 7.97. The number of carbonyl (C=O) groups is 2. The van der Waals surface area contributed by atoms with E-state index in [1.165, 1.54) is 6.26 Å². The van der Waals surface area contributed by atoms with Gasteiger partial charge in [0.2, 0.25) is 0 Å². The Morgan fingerprint density at radius 3 is 2.20 bits per heavy atom. The Bertz CT molecular complexity index is 404. The molecule has 0 spiro atoms. The highest BCUT2D eigenvalue weighted by atomic mass is 16.5. The highest BCUT2D eigenvalue weighted by Gasteiger charge is 2.35. The Morgan fingerprint density at radius 2 is 1.73 bits per heavy atom. The van der Waals surface area contributed by atoms with Gasteiger partial charge in [-0.2, -0.15) is 0 Å². The van der Waals surface area contributed by atoms with Crippen LogP contribution in [0, 0.1) is 0 Å². The van der Waals surface area contributed by atoms with Gasteiger partial charge in [-0.05, 0) is 12.1 Å². The largest absolute Gasteiger partial charge is 0.481 e. The summed E-state index contributed by atoms with van der Waals surface area (Å²) in [4.78, 5) is 24.5. The van der Waals surface area contributed by atoms with Crippen molar-refractivity contribution in [1.29, 1.82) is 0 Å². The molecular formula is C11H9NO3. The van der Waals surface area contributed by atoms with Crippen LogP contribution in [0.2, 0.25) is 0 Å². The number of ether oxygens (including phenoxy) is 1. The molecule has 0 bridgehead atoms. The summed E-state index contributed by atoms with van der Waals surface area (Å²) < 4.78 is 4.84. The molecule has 0 aromatic heterocycles. The third kappa shape index (κ3) is 1.40. The minimum absolute atomic E-state index is 0.0875. The Labute approximate surface area is 86.8 Å². The maximum Gasteiger partial charge on any atom is 0.264 e. The molecule has 1 aliphatic heterocycles. The van der Waals surface area contributed by atoms with Crippen molar-refractivity contribution in [3.05, 3.63) is 48.2 Å². The molecule has 0 atom stereocenters. The van der Waals surface area contributed by atoms with E-state index in [1.54, 1.807) is 24.3 Å². The molecule has 0 unspecified atom stereocenters. The molecule has 76 valence electrons. The van der Waals surface area contributed by atoms with Crippen LogP contribution < -0.4 is 0 Å². The first-order chi connectivity index (χ1) is 7.25. The predicted molar refractivity (Wildman–Crippen MR) is 53.1 cm³/mol. The van der Waals surface area contributed by atoms with Crippen molar-refractivity contribution >= 4 is 11.8 Å². The summed E-state index contributed by atoms with van der Waals surface area (Å²) in [6.07, 6.45) is 1.20. The molecule has 0 saturated carbocycles. The molecular weight excluding hydrogens is 194 g/mol. The van der Waals surface area contributed by atoms with Gasteiger partial charge in [-0.25, -0.2) is 4.90 Å². The zero-order valence-corrected chi connectivity index (χ0v) is 7.97. The van der Waals surface area contributed by atoms with E-state index < -0.39 is 0 Å². The molecule has 1 aromatic carbocycles. The van der Waals surface area contributed by atoms with E-state index in [9.17, 15) is 9.59 Å². The van der Waals surface area contributed by atoms with Crippen LogP contribution in [0.4, 0.5) is 0 Å². The van der Waals surface area contributed by atoms with Gasteiger partial charge in [0.05, 0.1) is 17.4 Å². The predicted octanol–water partition coefficient (Wildman–Crippen LogP) is 1.40. The first-order valence-electron chi connectivity index (χ1n) is 4.43. The van der Waals surface area contributed by atoms with Crippen LogP contribution in [0.1, 0.15) is 20.7 Å². The minimum Gasteiger partial charge on any atom is -0.481 e.